The fraction of sp³-hybridized carbons (Fsp3) is 0.857. The first kappa shape index (κ1) is 15.0. The third-order valence-corrected chi connectivity index (χ3v) is 4.24. The summed E-state index contributed by atoms with van der Waals surface area (Å²) in [6, 6.07) is 0. The zero-order chi connectivity index (χ0) is 13.9. The van der Waals surface area contributed by atoms with Gasteiger partial charge in [0.2, 0.25) is 5.91 Å². The second kappa shape index (κ2) is 5.72. The maximum Gasteiger partial charge on any atom is 0.311 e. The summed E-state index contributed by atoms with van der Waals surface area (Å²) in [5.41, 5.74) is -0.707. The minimum atomic E-state index is -0.753. The molecule has 2 unspecified atom stereocenters. The Hall–Kier alpha value is -1.06. The van der Waals surface area contributed by atoms with Crippen LogP contribution in [0.5, 0.6) is 0 Å². The Morgan fingerprint density at radius 1 is 1.33 bits per heavy atom. The van der Waals surface area contributed by atoms with Crippen LogP contribution < -0.4 is 0 Å². The van der Waals surface area contributed by atoms with E-state index in [1.54, 1.807) is 4.90 Å². The van der Waals surface area contributed by atoms with Gasteiger partial charge in [-0.25, -0.2) is 0 Å². The van der Waals surface area contributed by atoms with Crippen molar-refractivity contribution in [2.45, 2.75) is 47.0 Å². The first-order valence-electron chi connectivity index (χ1n) is 6.86. The van der Waals surface area contributed by atoms with Gasteiger partial charge in [0.1, 0.15) is 0 Å². The van der Waals surface area contributed by atoms with Gasteiger partial charge in [-0.2, -0.15) is 0 Å². The quantitative estimate of drug-likeness (QED) is 0.820. The van der Waals surface area contributed by atoms with Gasteiger partial charge in [-0.3, -0.25) is 9.59 Å². The van der Waals surface area contributed by atoms with Crippen molar-refractivity contribution in [3.63, 3.8) is 0 Å². The summed E-state index contributed by atoms with van der Waals surface area (Å²) in [6.07, 6.45) is 2.09. The summed E-state index contributed by atoms with van der Waals surface area (Å²) in [6.45, 7) is 8.93. The van der Waals surface area contributed by atoms with Crippen molar-refractivity contribution in [3.8, 4) is 0 Å². The van der Waals surface area contributed by atoms with Crippen LogP contribution >= 0.6 is 0 Å². The molecule has 104 valence electrons. The minimum absolute atomic E-state index is 0.0313. The van der Waals surface area contributed by atoms with Gasteiger partial charge in [-0.1, -0.05) is 34.1 Å². The Bertz CT molecular complexity index is 327. The predicted molar refractivity (Wildman–Crippen MR) is 70.2 cm³/mol. The molecule has 1 N–H and O–H groups in total. The van der Waals surface area contributed by atoms with Crippen LogP contribution in [0, 0.1) is 17.3 Å². The lowest BCUT2D eigenvalue weighted by Gasteiger charge is -2.26. The molecule has 4 nitrogen and oxygen atoms in total. The molecular weight excluding hydrogens is 230 g/mol. The minimum Gasteiger partial charge on any atom is -0.481 e. The highest BCUT2D eigenvalue weighted by molar-refractivity contribution is 5.82. The van der Waals surface area contributed by atoms with Crippen molar-refractivity contribution in [1.29, 1.82) is 0 Å². The smallest absolute Gasteiger partial charge is 0.311 e. The SMILES string of the molecule is CCCC1(C(=O)O)CCN(C(=O)C(C)C(C)C)C1. The van der Waals surface area contributed by atoms with E-state index in [1.807, 2.05) is 27.7 Å². The molecule has 1 aliphatic rings. The molecule has 1 rings (SSSR count). The van der Waals surface area contributed by atoms with Crippen LogP contribution in [-0.4, -0.2) is 35.0 Å². The summed E-state index contributed by atoms with van der Waals surface area (Å²) in [7, 11) is 0. The summed E-state index contributed by atoms with van der Waals surface area (Å²) in [5, 5.41) is 9.40. The average Bonchev–Trinajstić information content (AvgIpc) is 2.73. The second-order valence-electron chi connectivity index (χ2n) is 5.88. The Morgan fingerprint density at radius 2 is 1.94 bits per heavy atom. The highest BCUT2D eigenvalue weighted by atomic mass is 16.4. The summed E-state index contributed by atoms with van der Waals surface area (Å²) in [4.78, 5) is 25.4. The highest BCUT2D eigenvalue weighted by Crippen LogP contribution is 2.36. The zero-order valence-corrected chi connectivity index (χ0v) is 11.9. The fourth-order valence-electron chi connectivity index (χ4n) is 2.60. The Morgan fingerprint density at radius 3 is 2.39 bits per heavy atom. The lowest BCUT2D eigenvalue weighted by atomic mass is 9.82. The van der Waals surface area contributed by atoms with E-state index in [1.165, 1.54) is 0 Å². The number of carbonyl (C=O) groups is 2. The van der Waals surface area contributed by atoms with Crippen LogP contribution in [0.2, 0.25) is 0 Å². The molecule has 0 radical (unpaired) electrons. The molecule has 1 heterocycles. The summed E-state index contributed by atoms with van der Waals surface area (Å²) < 4.78 is 0. The first-order chi connectivity index (χ1) is 8.34. The van der Waals surface area contributed by atoms with E-state index in [9.17, 15) is 14.7 Å². The van der Waals surface area contributed by atoms with Crippen LogP contribution in [0.4, 0.5) is 0 Å². The van der Waals surface area contributed by atoms with Gasteiger partial charge in [0, 0.05) is 19.0 Å². The lowest BCUT2D eigenvalue weighted by molar-refractivity contribution is -0.149. The van der Waals surface area contributed by atoms with Gasteiger partial charge in [0.05, 0.1) is 5.41 Å². The van der Waals surface area contributed by atoms with E-state index < -0.39 is 11.4 Å². The van der Waals surface area contributed by atoms with E-state index in [0.29, 0.717) is 31.8 Å². The fourth-order valence-corrected chi connectivity index (χ4v) is 2.60. The molecule has 0 aromatic rings. The molecule has 2 atom stereocenters. The van der Waals surface area contributed by atoms with Crippen molar-refractivity contribution in [1.82, 2.24) is 4.90 Å². The number of carboxylic acids is 1. The third-order valence-electron chi connectivity index (χ3n) is 4.24. The molecule has 0 spiro atoms. The first-order valence-corrected chi connectivity index (χ1v) is 6.86. The van der Waals surface area contributed by atoms with Crippen LogP contribution in [0.15, 0.2) is 0 Å². The van der Waals surface area contributed by atoms with Crippen molar-refractivity contribution < 1.29 is 14.7 Å². The summed E-state index contributed by atoms with van der Waals surface area (Å²) in [5.74, 6) is -0.388. The number of rotatable bonds is 5. The lowest BCUT2D eigenvalue weighted by Crippen LogP contribution is -2.39. The molecule has 0 aromatic carbocycles. The molecule has 0 bridgehead atoms. The summed E-state index contributed by atoms with van der Waals surface area (Å²) >= 11 is 0. The van der Waals surface area contributed by atoms with Crippen molar-refractivity contribution in [2.24, 2.45) is 17.3 Å². The topological polar surface area (TPSA) is 57.6 Å². The van der Waals surface area contributed by atoms with Crippen molar-refractivity contribution >= 4 is 11.9 Å². The number of carboxylic acid groups (broad SMARTS) is 1. The predicted octanol–water partition coefficient (Wildman–Crippen LogP) is 2.38. The van der Waals surface area contributed by atoms with E-state index in [4.69, 9.17) is 0 Å². The molecule has 1 amide bonds. The van der Waals surface area contributed by atoms with Gasteiger partial charge in [0.25, 0.3) is 0 Å². The molecule has 0 aromatic heterocycles. The van der Waals surface area contributed by atoms with Gasteiger partial charge < -0.3 is 10.0 Å². The second-order valence-corrected chi connectivity index (χ2v) is 5.88. The maximum absolute atomic E-state index is 12.2. The molecule has 0 saturated carbocycles. The number of likely N-dealkylation sites (tertiary alicyclic amines) is 1. The Labute approximate surface area is 109 Å². The van der Waals surface area contributed by atoms with Crippen LogP contribution in [0.3, 0.4) is 0 Å². The van der Waals surface area contributed by atoms with Crippen LogP contribution in [0.25, 0.3) is 0 Å². The Balaban J connectivity index is 2.75. The third kappa shape index (κ3) is 2.85. The van der Waals surface area contributed by atoms with Gasteiger partial charge >= 0.3 is 5.97 Å². The number of hydrogen-bond acceptors (Lipinski definition) is 2. The highest BCUT2D eigenvalue weighted by Gasteiger charge is 2.45. The molecule has 18 heavy (non-hydrogen) atoms. The molecule has 1 fully saturated rings. The number of carbonyl (C=O) groups excluding carboxylic acids is 1. The molecule has 4 heteroatoms. The number of nitrogens with zero attached hydrogens (tertiary/aromatic N) is 1. The normalized spacial score (nSPS) is 25.5. The number of amides is 1. The largest absolute Gasteiger partial charge is 0.481 e. The molecular formula is C14H25NO3. The molecule has 1 aliphatic heterocycles. The van der Waals surface area contributed by atoms with Crippen molar-refractivity contribution in [2.75, 3.05) is 13.1 Å². The van der Waals surface area contributed by atoms with Gasteiger partial charge in [-0.05, 0) is 18.8 Å². The molecule has 0 aliphatic carbocycles. The average molecular weight is 255 g/mol. The maximum atomic E-state index is 12.2. The standard InChI is InChI=1S/C14H25NO3/c1-5-6-14(13(17)18)7-8-15(9-14)12(16)11(4)10(2)3/h10-11H,5-9H2,1-4H3,(H,17,18). The number of aliphatic carboxylic acids is 1. The van der Waals surface area contributed by atoms with E-state index in [2.05, 4.69) is 0 Å². The van der Waals surface area contributed by atoms with E-state index in [-0.39, 0.29) is 11.8 Å². The van der Waals surface area contributed by atoms with E-state index in [0.717, 1.165) is 6.42 Å². The monoisotopic (exact) mass is 255 g/mol. The van der Waals surface area contributed by atoms with Gasteiger partial charge in [0.15, 0.2) is 0 Å². The van der Waals surface area contributed by atoms with Crippen LogP contribution in [-0.2, 0) is 9.59 Å². The van der Waals surface area contributed by atoms with Gasteiger partial charge in [-0.15, -0.1) is 0 Å². The Kier molecular flexibility index (Phi) is 4.77. The molecule has 1 saturated heterocycles. The van der Waals surface area contributed by atoms with E-state index >= 15 is 0 Å². The van der Waals surface area contributed by atoms with Crippen molar-refractivity contribution in [3.05, 3.63) is 0 Å². The number of hydrogen-bond donors (Lipinski definition) is 1. The zero-order valence-electron chi connectivity index (χ0n) is 11.9. The van der Waals surface area contributed by atoms with Crippen LogP contribution in [0.1, 0.15) is 47.0 Å².